The van der Waals surface area contributed by atoms with Crippen molar-refractivity contribution in [3.8, 4) is 0 Å². The van der Waals surface area contributed by atoms with Crippen LogP contribution < -0.4 is 21.2 Å². The van der Waals surface area contributed by atoms with Crippen LogP contribution in [0.4, 0.5) is 0 Å². The van der Waals surface area contributed by atoms with Gasteiger partial charge in [-0.2, -0.15) is 0 Å². The Morgan fingerprint density at radius 3 is 1.63 bits per heavy atom. The zero-order valence-electron chi connectivity index (χ0n) is 11.3. The van der Waals surface area contributed by atoms with Crippen LogP contribution in [0.3, 0.4) is 0 Å². The Morgan fingerprint density at radius 1 is 0.632 bits per heavy atom. The predicted octanol–water partition coefficient (Wildman–Crippen LogP) is 1.12. The first-order chi connectivity index (χ1) is 9.43. The summed E-state index contributed by atoms with van der Waals surface area (Å²) in [5.41, 5.74) is 0. The molecule has 0 saturated heterocycles. The molecule has 102 valence electrons. The molecule has 0 aromatic rings. The summed E-state index contributed by atoms with van der Waals surface area (Å²) < 4.78 is 2.13. The van der Waals surface area contributed by atoms with Crippen LogP contribution in [0.25, 0.3) is 0 Å². The van der Waals surface area contributed by atoms with Crippen LogP contribution in [-0.2, 0) is 0 Å². The molecule has 1 heteroatoms. The van der Waals surface area contributed by atoms with Gasteiger partial charge in [0.05, 0.1) is 0 Å². The molecule has 0 N–H and O–H groups in total. The molecule has 4 rings (SSSR count). The van der Waals surface area contributed by atoms with E-state index in [2.05, 4.69) is 48.6 Å². The molecule has 0 aromatic carbocycles. The Balaban J connectivity index is 1.60. The number of hydrogen-bond donors (Lipinski definition) is 0. The van der Waals surface area contributed by atoms with E-state index in [1.165, 1.54) is 25.7 Å². The molecule has 0 bridgehead atoms. The van der Waals surface area contributed by atoms with Gasteiger partial charge in [-0.25, -0.2) is 0 Å². The van der Waals surface area contributed by atoms with Gasteiger partial charge in [0.1, 0.15) is 0 Å². The van der Waals surface area contributed by atoms with Gasteiger partial charge in [-0.3, -0.25) is 0 Å². The molecule has 4 atom stereocenters. The van der Waals surface area contributed by atoms with Crippen molar-refractivity contribution in [3.05, 3.63) is 48.6 Å². The topological polar surface area (TPSA) is 0 Å². The second kappa shape index (κ2) is 5.23. The summed E-state index contributed by atoms with van der Waals surface area (Å²) in [5.74, 6) is 3.28. The third-order valence-electron chi connectivity index (χ3n) is 5.23. The first-order valence-electron chi connectivity index (χ1n) is 7.75. The van der Waals surface area contributed by atoms with E-state index in [1.54, 1.807) is 0 Å². The van der Waals surface area contributed by atoms with Gasteiger partial charge in [0.15, 0.2) is 0 Å². The maximum absolute atomic E-state index is 2.53. The molecule has 19 heavy (non-hydrogen) atoms. The van der Waals surface area contributed by atoms with Crippen molar-refractivity contribution in [1.82, 2.24) is 0 Å². The third kappa shape index (κ3) is 2.18. The zero-order chi connectivity index (χ0) is 12.7. The van der Waals surface area contributed by atoms with E-state index in [0.29, 0.717) is 21.2 Å². The molecule has 0 amide bonds. The molecular weight excluding hydrogens is 343 g/mol. The van der Waals surface area contributed by atoms with E-state index < -0.39 is 0 Å². The Kier molecular flexibility index (Phi) is 3.42. The monoisotopic (exact) mass is 365 g/mol. The Hall–Kier alpha value is -0.310. The number of fused-ring (bicyclic) bond motifs is 3. The summed E-state index contributed by atoms with van der Waals surface area (Å²) in [7, 11) is 0. The van der Waals surface area contributed by atoms with E-state index >= 15 is 0 Å². The molecule has 0 aliphatic heterocycles. The van der Waals surface area contributed by atoms with Crippen molar-refractivity contribution in [2.75, 3.05) is 0 Å². The third-order valence-corrected chi connectivity index (χ3v) is 9.99. The van der Waals surface area contributed by atoms with E-state index in [1.807, 2.05) is 0 Å². The second-order valence-corrected chi connectivity index (χ2v) is 10.2. The minimum atomic E-state index is 0.356. The van der Waals surface area contributed by atoms with Gasteiger partial charge in [-0.05, 0) is 0 Å². The van der Waals surface area contributed by atoms with E-state index in [9.17, 15) is 0 Å². The summed E-state index contributed by atoms with van der Waals surface area (Å²) in [6.07, 6.45) is 25.3. The van der Waals surface area contributed by atoms with Crippen LogP contribution >= 0.6 is 0 Å². The van der Waals surface area contributed by atoms with Crippen LogP contribution in [0.2, 0.25) is 0 Å². The Labute approximate surface area is 127 Å². The quantitative estimate of drug-likeness (QED) is 0.508. The normalized spacial score (nSPS) is 43.9. The van der Waals surface area contributed by atoms with Crippen molar-refractivity contribution >= 4 is 0 Å². The fourth-order valence-corrected chi connectivity index (χ4v) is 9.49. The van der Waals surface area contributed by atoms with Crippen LogP contribution in [0.15, 0.2) is 48.6 Å². The zero-order valence-corrected chi connectivity index (χ0v) is 13.4. The number of allylic oxidation sites excluding steroid dienone is 8. The van der Waals surface area contributed by atoms with Gasteiger partial charge in [-0.1, -0.05) is 0 Å². The average Bonchev–Trinajstić information content (AvgIpc) is 3.08. The fraction of sp³-hybridized carbons (Fsp3) is 0.556. The van der Waals surface area contributed by atoms with Gasteiger partial charge >= 0.3 is 127 Å². The maximum atomic E-state index is 2.53. The molecule has 0 radical (unpaired) electrons. The summed E-state index contributed by atoms with van der Waals surface area (Å²) in [5, 5.41) is 0. The molecule has 4 aliphatic rings. The van der Waals surface area contributed by atoms with Crippen LogP contribution in [0, 0.1) is 23.7 Å². The van der Waals surface area contributed by atoms with Crippen molar-refractivity contribution in [1.29, 1.82) is 0 Å². The molecule has 0 aromatic heterocycles. The predicted molar refractivity (Wildman–Crippen MR) is 76.6 cm³/mol. The molecule has 2 saturated carbocycles. The first-order valence-corrected chi connectivity index (χ1v) is 10.2. The second-order valence-electron chi connectivity index (χ2n) is 6.30. The number of alkyl halides is 2. The van der Waals surface area contributed by atoms with Gasteiger partial charge < -0.3 is 0 Å². The summed E-state index contributed by atoms with van der Waals surface area (Å²) in [6, 6.07) is 0. The van der Waals surface area contributed by atoms with Crippen molar-refractivity contribution in [2.45, 2.75) is 33.5 Å². The van der Waals surface area contributed by atoms with Crippen molar-refractivity contribution in [2.24, 2.45) is 23.7 Å². The van der Waals surface area contributed by atoms with Crippen LogP contribution in [-0.4, -0.2) is 7.85 Å². The van der Waals surface area contributed by atoms with E-state index in [4.69, 9.17) is 0 Å². The summed E-state index contributed by atoms with van der Waals surface area (Å²) >= 11 is 0.356. The first kappa shape index (κ1) is 12.4. The van der Waals surface area contributed by atoms with Gasteiger partial charge in [0.25, 0.3) is 0 Å². The summed E-state index contributed by atoms with van der Waals surface area (Å²) in [4.78, 5) is 0. The molecular formula is C18H22I-. The van der Waals surface area contributed by atoms with Gasteiger partial charge in [0, 0.05) is 0 Å². The molecule has 4 unspecified atom stereocenters. The standard InChI is InChI=1S/C18H22I/c1-2-8-13(7-1)19-18-16-11-5-3-9-14(16)15-10-4-6-12-17(15)18/h3-6,9-18H,1-2,7-8H2/q-1. The van der Waals surface area contributed by atoms with E-state index in [0.717, 1.165) is 31.5 Å². The number of halogens is 1. The van der Waals surface area contributed by atoms with Crippen LogP contribution in [0.1, 0.15) is 25.7 Å². The fourth-order valence-electron chi connectivity index (χ4n) is 4.32. The van der Waals surface area contributed by atoms with Crippen molar-refractivity contribution in [3.63, 3.8) is 0 Å². The molecule has 2 fully saturated rings. The van der Waals surface area contributed by atoms with Crippen molar-refractivity contribution < 1.29 is 21.2 Å². The summed E-state index contributed by atoms with van der Waals surface area (Å²) in [6.45, 7) is 0. The number of hydrogen-bond acceptors (Lipinski definition) is 0. The number of rotatable bonds is 2. The Morgan fingerprint density at radius 2 is 1.11 bits per heavy atom. The molecule has 0 heterocycles. The van der Waals surface area contributed by atoms with Gasteiger partial charge in [0.2, 0.25) is 0 Å². The minimum absolute atomic E-state index is 0.356. The molecule has 0 spiro atoms. The molecule has 0 nitrogen and oxygen atoms in total. The van der Waals surface area contributed by atoms with Crippen LogP contribution in [0.5, 0.6) is 0 Å². The van der Waals surface area contributed by atoms with Gasteiger partial charge in [-0.15, -0.1) is 0 Å². The average molecular weight is 365 g/mol. The molecule has 4 aliphatic carbocycles. The Bertz CT molecular complexity index is 416. The SMILES string of the molecule is C1=CC2C3C=CC=CC3C([I-]C3CCCC3)C2C=C1. The van der Waals surface area contributed by atoms with E-state index in [-0.39, 0.29) is 0 Å².